The summed E-state index contributed by atoms with van der Waals surface area (Å²) in [6.07, 6.45) is 2.81. The van der Waals surface area contributed by atoms with Gasteiger partial charge in [0.2, 0.25) is 11.8 Å². The first-order valence-corrected chi connectivity index (χ1v) is 8.41. The zero-order valence-corrected chi connectivity index (χ0v) is 15.4. The molecular formula is C20H21N3O4. The van der Waals surface area contributed by atoms with Crippen LogP contribution in [0.25, 0.3) is 6.08 Å². The highest BCUT2D eigenvalue weighted by atomic mass is 16.6. The second-order valence-corrected chi connectivity index (χ2v) is 6.35. The monoisotopic (exact) mass is 367 g/mol. The smallest absolute Gasteiger partial charge is 0.270 e. The molecule has 2 amide bonds. The molecule has 0 atom stereocenters. The Morgan fingerprint density at radius 1 is 1.11 bits per heavy atom. The average Bonchev–Trinajstić information content (AvgIpc) is 2.63. The summed E-state index contributed by atoms with van der Waals surface area (Å²) in [7, 11) is 0. The van der Waals surface area contributed by atoms with E-state index in [0.717, 1.165) is 5.56 Å². The van der Waals surface area contributed by atoms with Crippen molar-refractivity contribution >= 4 is 35.0 Å². The van der Waals surface area contributed by atoms with E-state index in [1.54, 1.807) is 44.2 Å². The molecule has 2 N–H and O–H groups in total. The van der Waals surface area contributed by atoms with Gasteiger partial charge >= 0.3 is 0 Å². The standard InChI is InChI=1S/C20H21N3O4/c1-13(2)20(25)21-16-9-7-14(3)18(12-16)22-19(24)10-8-15-5-4-6-17(11-15)23(26)27/h4-13H,1-3H3,(H,21,25)(H,22,24)/b10-8+. The summed E-state index contributed by atoms with van der Waals surface area (Å²) in [5.41, 5.74) is 2.52. The Balaban J connectivity index is 2.10. The topological polar surface area (TPSA) is 101 Å². The van der Waals surface area contributed by atoms with Crippen LogP contribution in [0.1, 0.15) is 25.0 Å². The van der Waals surface area contributed by atoms with Gasteiger partial charge in [-0.15, -0.1) is 0 Å². The number of nitro benzene ring substituents is 1. The summed E-state index contributed by atoms with van der Waals surface area (Å²) in [5, 5.41) is 16.3. The summed E-state index contributed by atoms with van der Waals surface area (Å²) >= 11 is 0. The van der Waals surface area contributed by atoms with Crippen LogP contribution in [0.4, 0.5) is 17.1 Å². The van der Waals surface area contributed by atoms with Crippen LogP contribution < -0.4 is 10.6 Å². The maximum absolute atomic E-state index is 12.2. The molecule has 0 fully saturated rings. The fourth-order valence-corrected chi connectivity index (χ4v) is 2.21. The Labute approximate surface area is 157 Å². The summed E-state index contributed by atoms with van der Waals surface area (Å²) in [6.45, 7) is 5.43. The molecule has 0 spiro atoms. The normalized spacial score (nSPS) is 10.8. The van der Waals surface area contributed by atoms with E-state index in [9.17, 15) is 19.7 Å². The van der Waals surface area contributed by atoms with Crippen molar-refractivity contribution in [3.05, 3.63) is 69.8 Å². The van der Waals surface area contributed by atoms with Gasteiger partial charge < -0.3 is 10.6 Å². The van der Waals surface area contributed by atoms with Gasteiger partial charge in [0, 0.05) is 35.5 Å². The van der Waals surface area contributed by atoms with Crippen molar-refractivity contribution in [1.29, 1.82) is 0 Å². The largest absolute Gasteiger partial charge is 0.326 e. The number of rotatable bonds is 6. The summed E-state index contributed by atoms with van der Waals surface area (Å²) in [5.74, 6) is -0.638. The lowest BCUT2D eigenvalue weighted by Gasteiger charge is -2.12. The molecule has 7 heteroatoms. The van der Waals surface area contributed by atoms with E-state index in [4.69, 9.17) is 0 Å². The molecule has 0 bridgehead atoms. The minimum absolute atomic E-state index is 0.0398. The van der Waals surface area contributed by atoms with Gasteiger partial charge in [0.05, 0.1) is 4.92 Å². The van der Waals surface area contributed by atoms with Crippen molar-refractivity contribution in [2.75, 3.05) is 10.6 Å². The van der Waals surface area contributed by atoms with Gasteiger partial charge in [0.15, 0.2) is 0 Å². The van der Waals surface area contributed by atoms with E-state index in [-0.39, 0.29) is 23.4 Å². The molecule has 0 unspecified atom stereocenters. The molecule has 0 saturated carbocycles. The molecule has 0 saturated heterocycles. The minimum Gasteiger partial charge on any atom is -0.326 e. The van der Waals surface area contributed by atoms with Gasteiger partial charge in [0.25, 0.3) is 5.69 Å². The van der Waals surface area contributed by atoms with Crippen LogP contribution in [-0.4, -0.2) is 16.7 Å². The zero-order valence-electron chi connectivity index (χ0n) is 15.4. The fraction of sp³-hybridized carbons (Fsp3) is 0.200. The van der Waals surface area contributed by atoms with Crippen molar-refractivity contribution in [3.63, 3.8) is 0 Å². The predicted octanol–water partition coefficient (Wildman–Crippen LogP) is 4.15. The second kappa shape index (κ2) is 8.75. The molecule has 0 aliphatic carbocycles. The van der Waals surface area contributed by atoms with Gasteiger partial charge in [-0.05, 0) is 36.3 Å². The summed E-state index contributed by atoms with van der Waals surface area (Å²) in [4.78, 5) is 34.3. The highest BCUT2D eigenvalue weighted by Crippen LogP contribution is 2.21. The Morgan fingerprint density at radius 3 is 2.52 bits per heavy atom. The van der Waals surface area contributed by atoms with Crippen molar-refractivity contribution in [2.24, 2.45) is 5.92 Å². The number of nitro groups is 1. The Morgan fingerprint density at radius 2 is 1.85 bits per heavy atom. The highest BCUT2D eigenvalue weighted by molar-refractivity contribution is 6.03. The third-order valence-corrected chi connectivity index (χ3v) is 3.80. The number of hydrogen-bond donors (Lipinski definition) is 2. The van der Waals surface area contributed by atoms with Gasteiger partial charge in [-0.25, -0.2) is 0 Å². The molecule has 7 nitrogen and oxygen atoms in total. The minimum atomic E-state index is -0.488. The second-order valence-electron chi connectivity index (χ2n) is 6.35. The maximum atomic E-state index is 12.2. The van der Waals surface area contributed by atoms with Crippen LogP contribution in [0.5, 0.6) is 0 Å². The van der Waals surface area contributed by atoms with E-state index in [2.05, 4.69) is 10.6 Å². The number of aryl methyl sites for hydroxylation is 1. The third kappa shape index (κ3) is 5.78. The molecule has 27 heavy (non-hydrogen) atoms. The fourth-order valence-electron chi connectivity index (χ4n) is 2.21. The Hall–Kier alpha value is -3.48. The van der Waals surface area contributed by atoms with E-state index in [1.807, 2.05) is 6.92 Å². The van der Waals surface area contributed by atoms with Crippen LogP contribution in [0.2, 0.25) is 0 Å². The zero-order chi connectivity index (χ0) is 20.0. The van der Waals surface area contributed by atoms with Gasteiger partial charge in [-0.2, -0.15) is 0 Å². The summed E-state index contributed by atoms with van der Waals surface area (Å²) < 4.78 is 0. The van der Waals surface area contributed by atoms with Crippen molar-refractivity contribution < 1.29 is 14.5 Å². The van der Waals surface area contributed by atoms with Crippen molar-refractivity contribution in [1.82, 2.24) is 0 Å². The number of non-ortho nitro benzene ring substituents is 1. The van der Waals surface area contributed by atoms with Gasteiger partial charge in [-0.3, -0.25) is 19.7 Å². The molecular weight excluding hydrogens is 346 g/mol. The molecule has 0 aromatic heterocycles. The number of benzene rings is 2. The molecule has 2 aromatic carbocycles. The molecule has 2 rings (SSSR count). The van der Waals surface area contributed by atoms with Gasteiger partial charge in [0.1, 0.15) is 0 Å². The number of anilines is 2. The SMILES string of the molecule is Cc1ccc(NC(=O)C(C)C)cc1NC(=O)/C=C/c1cccc([N+](=O)[O-])c1. The quantitative estimate of drug-likeness (QED) is 0.455. The van der Waals surface area contributed by atoms with Crippen molar-refractivity contribution in [3.8, 4) is 0 Å². The van der Waals surface area contributed by atoms with Crippen LogP contribution in [0.15, 0.2) is 48.5 Å². The van der Waals surface area contributed by atoms with E-state index in [0.29, 0.717) is 16.9 Å². The molecule has 0 aliphatic heterocycles. The van der Waals surface area contributed by atoms with Crippen LogP contribution >= 0.6 is 0 Å². The van der Waals surface area contributed by atoms with Gasteiger partial charge in [-0.1, -0.05) is 32.0 Å². The molecule has 2 aromatic rings. The lowest BCUT2D eigenvalue weighted by molar-refractivity contribution is -0.384. The first kappa shape index (κ1) is 19.8. The first-order valence-electron chi connectivity index (χ1n) is 8.41. The first-order chi connectivity index (χ1) is 12.8. The third-order valence-electron chi connectivity index (χ3n) is 3.80. The molecule has 0 aliphatic rings. The number of amides is 2. The molecule has 0 heterocycles. The van der Waals surface area contributed by atoms with E-state index < -0.39 is 4.92 Å². The number of carbonyl (C=O) groups is 2. The maximum Gasteiger partial charge on any atom is 0.270 e. The van der Waals surface area contributed by atoms with Crippen LogP contribution in [0, 0.1) is 23.0 Å². The number of nitrogens with zero attached hydrogens (tertiary/aromatic N) is 1. The number of hydrogen-bond acceptors (Lipinski definition) is 4. The van der Waals surface area contributed by atoms with Crippen LogP contribution in [-0.2, 0) is 9.59 Å². The molecule has 140 valence electrons. The predicted molar refractivity (Wildman–Crippen MR) is 105 cm³/mol. The van der Waals surface area contributed by atoms with E-state index >= 15 is 0 Å². The Bertz CT molecular complexity index is 904. The number of carbonyl (C=O) groups excluding carboxylic acids is 2. The highest BCUT2D eigenvalue weighted by Gasteiger charge is 2.09. The Kier molecular flexibility index (Phi) is 6.43. The lowest BCUT2D eigenvalue weighted by atomic mass is 10.1. The van der Waals surface area contributed by atoms with E-state index in [1.165, 1.54) is 24.3 Å². The average molecular weight is 367 g/mol. The molecule has 0 radical (unpaired) electrons. The lowest BCUT2D eigenvalue weighted by Crippen LogP contribution is -2.18. The number of nitrogens with one attached hydrogen (secondary N) is 2. The van der Waals surface area contributed by atoms with Crippen molar-refractivity contribution in [2.45, 2.75) is 20.8 Å². The van der Waals surface area contributed by atoms with Crippen LogP contribution in [0.3, 0.4) is 0 Å². The summed E-state index contributed by atoms with van der Waals surface area (Å²) in [6, 6.07) is 11.3.